The molecule has 1 unspecified atom stereocenters. The summed E-state index contributed by atoms with van der Waals surface area (Å²) in [4.78, 5) is 4.55. The molecule has 1 N–H and O–H groups in total. The minimum absolute atomic E-state index is 0.0335. The minimum atomic E-state index is -2.42. The lowest BCUT2D eigenvalue weighted by atomic mass is 10.1. The Labute approximate surface area is 102 Å². The molecule has 0 saturated carbocycles. The van der Waals surface area contributed by atoms with E-state index in [9.17, 15) is 8.78 Å². The molecule has 0 spiro atoms. The van der Waals surface area contributed by atoms with Crippen molar-refractivity contribution in [3.8, 4) is 0 Å². The molecule has 0 aromatic heterocycles. The number of rotatable bonds is 3. The van der Waals surface area contributed by atoms with Crippen molar-refractivity contribution < 1.29 is 8.78 Å². The third kappa shape index (κ3) is 3.86. The van der Waals surface area contributed by atoms with E-state index >= 15 is 0 Å². The number of hydrogen-bond acceptors (Lipinski definition) is 3. The van der Waals surface area contributed by atoms with Crippen LogP contribution >= 0.6 is 0 Å². The van der Waals surface area contributed by atoms with E-state index in [1.54, 1.807) is 0 Å². The Bertz CT molecular complexity index is 238. The van der Waals surface area contributed by atoms with E-state index in [1.165, 1.54) is 0 Å². The zero-order valence-corrected chi connectivity index (χ0v) is 10.6. The monoisotopic (exact) mass is 247 g/mol. The lowest BCUT2D eigenvalue weighted by molar-refractivity contribution is -0.0560. The van der Waals surface area contributed by atoms with Gasteiger partial charge in [0.15, 0.2) is 0 Å². The third-order valence-electron chi connectivity index (χ3n) is 4.01. The first-order valence-electron chi connectivity index (χ1n) is 6.58. The highest BCUT2D eigenvalue weighted by Gasteiger charge is 2.34. The van der Waals surface area contributed by atoms with E-state index in [0.717, 1.165) is 32.6 Å². The lowest BCUT2D eigenvalue weighted by Gasteiger charge is -2.36. The van der Waals surface area contributed by atoms with Gasteiger partial charge in [-0.05, 0) is 20.0 Å². The third-order valence-corrected chi connectivity index (χ3v) is 4.01. The Kier molecular flexibility index (Phi) is 4.33. The summed E-state index contributed by atoms with van der Waals surface area (Å²) in [5, 5.41) is 3.39. The fraction of sp³-hybridized carbons (Fsp3) is 1.00. The molecule has 0 aromatic carbocycles. The molecule has 0 aliphatic carbocycles. The first kappa shape index (κ1) is 13.2. The summed E-state index contributed by atoms with van der Waals surface area (Å²) >= 11 is 0. The van der Waals surface area contributed by atoms with Gasteiger partial charge in [0.05, 0.1) is 0 Å². The fourth-order valence-corrected chi connectivity index (χ4v) is 2.62. The molecule has 0 aromatic rings. The van der Waals surface area contributed by atoms with Gasteiger partial charge < -0.3 is 15.1 Å². The maximum atomic E-state index is 13.0. The molecular weight excluding hydrogens is 224 g/mol. The van der Waals surface area contributed by atoms with Crippen molar-refractivity contribution in [1.29, 1.82) is 0 Å². The van der Waals surface area contributed by atoms with Crippen LogP contribution in [0.3, 0.4) is 0 Å². The van der Waals surface area contributed by atoms with Gasteiger partial charge in [-0.25, -0.2) is 8.78 Å². The summed E-state index contributed by atoms with van der Waals surface area (Å²) < 4.78 is 26.0. The number of nitrogens with zero attached hydrogens (tertiary/aromatic N) is 2. The molecule has 100 valence electrons. The Morgan fingerprint density at radius 3 is 2.59 bits per heavy atom. The smallest absolute Gasteiger partial charge is 0.250 e. The number of hydrogen-bond donors (Lipinski definition) is 1. The van der Waals surface area contributed by atoms with Crippen LogP contribution < -0.4 is 5.32 Å². The normalized spacial score (nSPS) is 31.6. The zero-order chi connectivity index (χ0) is 12.3. The van der Waals surface area contributed by atoms with E-state index in [1.807, 2.05) is 0 Å². The molecule has 2 aliphatic heterocycles. The van der Waals surface area contributed by atoms with Gasteiger partial charge in [-0.3, -0.25) is 0 Å². The number of piperazine rings is 1. The van der Waals surface area contributed by atoms with Gasteiger partial charge in [-0.1, -0.05) is 0 Å². The molecule has 1 atom stereocenters. The first-order chi connectivity index (χ1) is 8.07. The van der Waals surface area contributed by atoms with Crippen LogP contribution in [0, 0.1) is 0 Å². The van der Waals surface area contributed by atoms with Crippen LogP contribution in [0.1, 0.15) is 19.3 Å². The Balaban J connectivity index is 1.68. The maximum Gasteiger partial charge on any atom is 0.250 e. The average Bonchev–Trinajstić information content (AvgIpc) is 2.30. The number of likely N-dealkylation sites (tertiary alicyclic amines) is 1. The fourth-order valence-electron chi connectivity index (χ4n) is 2.62. The molecule has 2 aliphatic rings. The minimum Gasteiger partial charge on any atom is -0.314 e. The molecule has 2 heterocycles. The van der Waals surface area contributed by atoms with Crippen molar-refractivity contribution in [2.24, 2.45) is 0 Å². The highest BCUT2D eigenvalue weighted by molar-refractivity contribution is 4.81. The van der Waals surface area contributed by atoms with Crippen LogP contribution in [0.5, 0.6) is 0 Å². The second-order valence-corrected chi connectivity index (χ2v) is 5.32. The molecule has 5 heteroatoms. The number of likely N-dealkylation sites (N-methyl/N-ethyl adjacent to an activating group) is 1. The van der Waals surface area contributed by atoms with Crippen LogP contribution in [-0.4, -0.2) is 68.1 Å². The van der Waals surface area contributed by atoms with E-state index in [2.05, 4.69) is 22.2 Å². The van der Waals surface area contributed by atoms with Crippen LogP contribution in [-0.2, 0) is 0 Å². The molecule has 3 nitrogen and oxygen atoms in total. The summed E-state index contributed by atoms with van der Waals surface area (Å²) in [5.41, 5.74) is 0. The molecule has 17 heavy (non-hydrogen) atoms. The largest absolute Gasteiger partial charge is 0.314 e. The Morgan fingerprint density at radius 1 is 1.24 bits per heavy atom. The molecule has 0 bridgehead atoms. The van der Waals surface area contributed by atoms with Gasteiger partial charge >= 0.3 is 0 Å². The van der Waals surface area contributed by atoms with Gasteiger partial charge in [0.1, 0.15) is 0 Å². The summed E-state index contributed by atoms with van der Waals surface area (Å²) in [5.74, 6) is -2.42. The Morgan fingerprint density at radius 2 is 1.94 bits per heavy atom. The molecule has 2 saturated heterocycles. The SMILES string of the molecule is CN1CCNCC1CCN1CCC(F)(F)CC1. The second kappa shape index (κ2) is 5.59. The van der Waals surface area contributed by atoms with Crippen molar-refractivity contribution in [1.82, 2.24) is 15.1 Å². The van der Waals surface area contributed by atoms with Crippen molar-refractivity contribution in [2.75, 3.05) is 46.3 Å². The summed E-state index contributed by atoms with van der Waals surface area (Å²) in [7, 11) is 2.15. The first-order valence-corrected chi connectivity index (χ1v) is 6.58. The second-order valence-electron chi connectivity index (χ2n) is 5.32. The number of halogens is 2. The van der Waals surface area contributed by atoms with E-state index in [4.69, 9.17) is 0 Å². The number of nitrogens with one attached hydrogen (secondary N) is 1. The average molecular weight is 247 g/mol. The highest BCUT2D eigenvalue weighted by atomic mass is 19.3. The molecule has 0 radical (unpaired) electrons. The lowest BCUT2D eigenvalue weighted by Crippen LogP contribution is -2.50. The van der Waals surface area contributed by atoms with Gasteiger partial charge in [0.25, 0.3) is 5.92 Å². The number of piperidine rings is 1. The molecule has 0 amide bonds. The Hall–Kier alpha value is -0.260. The highest BCUT2D eigenvalue weighted by Crippen LogP contribution is 2.27. The van der Waals surface area contributed by atoms with E-state index in [0.29, 0.717) is 19.1 Å². The molecule has 2 fully saturated rings. The maximum absolute atomic E-state index is 13.0. The number of alkyl halides is 2. The van der Waals surface area contributed by atoms with Gasteiger partial charge in [0, 0.05) is 51.6 Å². The standard InChI is InChI=1S/C12H23F2N3/c1-16-9-5-15-10-11(16)2-6-17-7-3-12(13,14)4-8-17/h11,15H,2-10H2,1H3. The quantitative estimate of drug-likeness (QED) is 0.803. The van der Waals surface area contributed by atoms with Gasteiger partial charge in [0.2, 0.25) is 0 Å². The topological polar surface area (TPSA) is 18.5 Å². The molecule has 2 rings (SSSR count). The van der Waals surface area contributed by atoms with Crippen molar-refractivity contribution in [3.63, 3.8) is 0 Å². The van der Waals surface area contributed by atoms with E-state index < -0.39 is 5.92 Å². The van der Waals surface area contributed by atoms with Crippen LogP contribution in [0.2, 0.25) is 0 Å². The van der Waals surface area contributed by atoms with Crippen LogP contribution in [0.15, 0.2) is 0 Å². The summed E-state index contributed by atoms with van der Waals surface area (Å²) in [6.07, 6.45) is 1.15. The summed E-state index contributed by atoms with van der Waals surface area (Å²) in [6, 6.07) is 0.561. The van der Waals surface area contributed by atoms with Crippen molar-refractivity contribution in [3.05, 3.63) is 0 Å². The van der Waals surface area contributed by atoms with Gasteiger partial charge in [-0.2, -0.15) is 0 Å². The van der Waals surface area contributed by atoms with Crippen molar-refractivity contribution >= 4 is 0 Å². The van der Waals surface area contributed by atoms with Crippen molar-refractivity contribution in [2.45, 2.75) is 31.2 Å². The predicted molar refractivity (Wildman–Crippen MR) is 64.5 cm³/mol. The van der Waals surface area contributed by atoms with Crippen LogP contribution in [0.4, 0.5) is 8.78 Å². The van der Waals surface area contributed by atoms with Gasteiger partial charge in [-0.15, -0.1) is 0 Å². The zero-order valence-electron chi connectivity index (χ0n) is 10.6. The van der Waals surface area contributed by atoms with Crippen LogP contribution in [0.25, 0.3) is 0 Å². The summed E-state index contributed by atoms with van der Waals surface area (Å²) in [6.45, 7) is 5.23. The van der Waals surface area contributed by atoms with E-state index in [-0.39, 0.29) is 12.8 Å². The predicted octanol–water partition coefficient (Wildman–Crippen LogP) is 1.01. The molecular formula is C12H23F2N3.